The van der Waals surface area contributed by atoms with E-state index in [1.54, 1.807) is 73.7 Å². The molecule has 0 saturated heterocycles. The number of benzene rings is 3. The standard InChI is InChI=1S/C22H17BrClN3O2/c1-14(26-27-22(29)15-8-10-18(23)11-9-15)16-4-3-7-20(13-16)25-21(28)17-5-2-6-19(24)12-17/h2-13H,1H3,(H,25,28)(H,27,29)/b26-14-. The first-order chi connectivity index (χ1) is 13.9. The van der Waals surface area contributed by atoms with Crippen LogP contribution in [0.3, 0.4) is 0 Å². The van der Waals surface area contributed by atoms with Gasteiger partial charge in [-0.1, -0.05) is 45.7 Å². The number of nitrogens with one attached hydrogen (secondary N) is 2. The Balaban J connectivity index is 1.69. The monoisotopic (exact) mass is 469 g/mol. The van der Waals surface area contributed by atoms with Crippen LogP contribution >= 0.6 is 27.5 Å². The van der Waals surface area contributed by atoms with Crippen LogP contribution in [0.25, 0.3) is 0 Å². The molecule has 0 fully saturated rings. The van der Waals surface area contributed by atoms with E-state index in [2.05, 4.69) is 31.8 Å². The van der Waals surface area contributed by atoms with Crippen molar-refractivity contribution in [2.75, 3.05) is 5.32 Å². The minimum atomic E-state index is -0.303. The SMILES string of the molecule is C/C(=N/NC(=O)c1ccc(Br)cc1)c1cccc(NC(=O)c2cccc(Cl)c2)c1. The smallest absolute Gasteiger partial charge is 0.271 e. The highest BCUT2D eigenvalue weighted by Crippen LogP contribution is 2.16. The van der Waals surface area contributed by atoms with E-state index in [1.165, 1.54) is 0 Å². The van der Waals surface area contributed by atoms with Crippen LogP contribution in [-0.2, 0) is 0 Å². The van der Waals surface area contributed by atoms with Crippen molar-refractivity contribution in [2.24, 2.45) is 5.10 Å². The average molecular weight is 471 g/mol. The highest BCUT2D eigenvalue weighted by molar-refractivity contribution is 9.10. The second kappa shape index (κ2) is 9.49. The Morgan fingerprint density at radius 2 is 1.55 bits per heavy atom. The predicted octanol–water partition coefficient (Wildman–Crippen LogP) is 5.51. The van der Waals surface area contributed by atoms with Crippen LogP contribution in [-0.4, -0.2) is 17.5 Å². The van der Waals surface area contributed by atoms with Gasteiger partial charge in [0, 0.05) is 26.3 Å². The lowest BCUT2D eigenvalue weighted by molar-refractivity contribution is 0.0954. The molecule has 0 saturated carbocycles. The molecule has 0 atom stereocenters. The van der Waals surface area contributed by atoms with Gasteiger partial charge in [0.15, 0.2) is 0 Å². The molecule has 5 nitrogen and oxygen atoms in total. The van der Waals surface area contributed by atoms with Crippen LogP contribution in [0.4, 0.5) is 5.69 Å². The molecule has 3 rings (SSSR count). The summed E-state index contributed by atoms with van der Waals surface area (Å²) in [6, 6.07) is 20.9. The fraction of sp³-hybridized carbons (Fsp3) is 0.0455. The lowest BCUT2D eigenvalue weighted by Crippen LogP contribution is -2.19. The topological polar surface area (TPSA) is 70.6 Å². The van der Waals surface area contributed by atoms with Crippen LogP contribution in [0.5, 0.6) is 0 Å². The van der Waals surface area contributed by atoms with Crippen molar-refractivity contribution in [2.45, 2.75) is 6.92 Å². The van der Waals surface area contributed by atoms with E-state index in [-0.39, 0.29) is 11.8 Å². The number of hydrogen-bond donors (Lipinski definition) is 2. The molecule has 0 aliphatic rings. The van der Waals surface area contributed by atoms with E-state index in [4.69, 9.17) is 11.6 Å². The molecule has 3 aromatic rings. The van der Waals surface area contributed by atoms with Gasteiger partial charge in [-0.25, -0.2) is 5.43 Å². The Kier molecular flexibility index (Phi) is 6.80. The molecular formula is C22H17BrClN3O2. The van der Waals surface area contributed by atoms with Gasteiger partial charge in [-0.2, -0.15) is 5.10 Å². The van der Waals surface area contributed by atoms with Crippen LogP contribution in [0, 0.1) is 0 Å². The van der Waals surface area contributed by atoms with Gasteiger partial charge >= 0.3 is 0 Å². The van der Waals surface area contributed by atoms with Gasteiger partial charge in [0.25, 0.3) is 11.8 Å². The summed E-state index contributed by atoms with van der Waals surface area (Å²) >= 11 is 9.27. The summed E-state index contributed by atoms with van der Waals surface area (Å²) in [5.41, 5.74) is 5.50. The van der Waals surface area contributed by atoms with E-state index >= 15 is 0 Å². The normalized spacial score (nSPS) is 11.1. The fourth-order valence-corrected chi connectivity index (χ4v) is 2.97. The molecule has 0 spiro atoms. The molecule has 3 aromatic carbocycles. The van der Waals surface area contributed by atoms with Gasteiger partial charge in [-0.05, 0) is 67.1 Å². The van der Waals surface area contributed by atoms with Crippen molar-refractivity contribution in [3.63, 3.8) is 0 Å². The van der Waals surface area contributed by atoms with Gasteiger partial charge in [-0.3, -0.25) is 9.59 Å². The lowest BCUT2D eigenvalue weighted by Gasteiger charge is -2.08. The number of nitrogens with zero attached hydrogens (tertiary/aromatic N) is 1. The summed E-state index contributed by atoms with van der Waals surface area (Å²) in [6.07, 6.45) is 0. The van der Waals surface area contributed by atoms with Gasteiger partial charge in [-0.15, -0.1) is 0 Å². The maximum Gasteiger partial charge on any atom is 0.271 e. The number of halogens is 2. The van der Waals surface area contributed by atoms with E-state index in [0.29, 0.717) is 27.5 Å². The Morgan fingerprint density at radius 1 is 0.862 bits per heavy atom. The zero-order chi connectivity index (χ0) is 20.8. The number of hydrazone groups is 1. The number of carbonyl (C=O) groups excluding carboxylic acids is 2. The maximum atomic E-state index is 12.4. The molecule has 0 aliphatic heterocycles. The molecule has 146 valence electrons. The molecule has 2 amide bonds. The summed E-state index contributed by atoms with van der Waals surface area (Å²) in [5, 5.41) is 7.49. The molecule has 7 heteroatoms. The summed E-state index contributed by atoms with van der Waals surface area (Å²) in [5.74, 6) is -0.565. The number of hydrogen-bond acceptors (Lipinski definition) is 3. The molecule has 0 radical (unpaired) electrons. The first-order valence-electron chi connectivity index (χ1n) is 8.70. The Morgan fingerprint density at radius 3 is 2.28 bits per heavy atom. The van der Waals surface area contributed by atoms with Crippen molar-refractivity contribution < 1.29 is 9.59 Å². The molecule has 29 heavy (non-hydrogen) atoms. The molecule has 0 aliphatic carbocycles. The molecule has 0 bridgehead atoms. The third-order valence-corrected chi connectivity index (χ3v) is 4.82. The molecule has 2 N–H and O–H groups in total. The summed E-state index contributed by atoms with van der Waals surface area (Å²) in [7, 11) is 0. The van der Waals surface area contributed by atoms with E-state index in [1.807, 2.05) is 6.07 Å². The lowest BCUT2D eigenvalue weighted by atomic mass is 10.1. The third-order valence-electron chi connectivity index (χ3n) is 4.06. The summed E-state index contributed by atoms with van der Waals surface area (Å²) < 4.78 is 0.894. The van der Waals surface area contributed by atoms with Crippen molar-refractivity contribution >= 4 is 50.7 Å². The first kappa shape index (κ1) is 20.8. The zero-order valence-electron chi connectivity index (χ0n) is 15.4. The molecular weight excluding hydrogens is 454 g/mol. The largest absolute Gasteiger partial charge is 0.322 e. The molecule has 0 unspecified atom stereocenters. The van der Waals surface area contributed by atoms with Crippen molar-refractivity contribution in [3.8, 4) is 0 Å². The maximum absolute atomic E-state index is 12.4. The second-order valence-corrected chi connectivity index (χ2v) is 7.54. The average Bonchev–Trinajstić information content (AvgIpc) is 2.72. The summed E-state index contributed by atoms with van der Waals surface area (Å²) in [6.45, 7) is 1.78. The quantitative estimate of drug-likeness (QED) is 0.381. The van der Waals surface area contributed by atoms with Crippen LogP contribution in [0.2, 0.25) is 5.02 Å². The first-order valence-corrected chi connectivity index (χ1v) is 9.87. The third kappa shape index (κ3) is 5.76. The molecule has 0 heterocycles. The van der Waals surface area contributed by atoms with Gasteiger partial charge < -0.3 is 5.32 Å². The predicted molar refractivity (Wildman–Crippen MR) is 120 cm³/mol. The van der Waals surface area contributed by atoms with Gasteiger partial charge in [0.05, 0.1) is 5.71 Å². The van der Waals surface area contributed by atoms with E-state index < -0.39 is 0 Å². The highest BCUT2D eigenvalue weighted by atomic mass is 79.9. The number of rotatable bonds is 5. The molecule has 0 aromatic heterocycles. The highest BCUT2D eigenvalue weighted by Gasteiger charge is 2.08. The number of anilines is 1. The van der Waals surface area contributed by atoms with Crippen molar-refractivity contribution in [3.05, 3.63) is 99.0 Å². The Bertz CT molecular complexity index is 1080. The van der Waals surface area contributed by atoms with Crippen LogP contribution in [0.15, 0.2) is 82.4 Å². The van der Waals surface area contributed by atoms with E-state index in [9.17, 15) is 9.59 Å². The number of amides is 2. The zero-order valence-corrected chi connectivity index (χ0v) is 17.8. The summed E-state index contributed by atoms with van der Waals surface area (Å²) in [4.78, 5) is 24.6. The minimum Gasteiger partial charge on any atom is -0.322 e. The van der Waals surface area contributed by atoms with Gasteiger partial charge in [0.2, 0.25) is 0 Å². The Labute approximate surface area is 181 Å². The fourth-order valence-electron chi connectivity index (χ4n) is 2.52. The Hall–Kier alpha value is -2.96. The van der Waals surface area contributed by atoms with Gasteiger partial charge in [0.1, 0.15) is 0 Å². The van der Waals surface area contributed by atoms with Crippen LogP contribution in [0.1, 0.15) is 33.2 Å². The minimum absolute atomic E-state index is 0.261. The second-order valence-electron chi connectivity index (χ2n) is 6.19. The van der Waals surface area contributed by atoms with Crippen molar-refractivity contribution in [1.29, 1.82) is 0 Å². The van der Waals surface area contributed by atoms with Crippen molar-refractivity contribution in [1.82, 2.24) is 5.43 Å². The number of carbonyl (C=O) groups is 2. The van der Waals surface area contributed by atoms with E-state index in [0.717, 1.165) is 10.0 Å². The van der Waals surface area contributed by atoms with Crippen LogP contribution < -0.4 is 10.7 Å².